The highest BCUT2D eigenvalue weighted by molar-refractivity contribution is 6.31. The number of halogens is 1. The zero-order valence-corrected chi connectivity index (χ0v) is 21.9. The summed E-state index contributed by atoms with van der Waals surface area (Å²) in [6.45, 7) is 0.486. The van der Waals surface area contributed by atoms with Gasteiger partial charge in [-0.25, -0.2) is 4.79 Å². The number of carbonyl (C=O) groups excluding carboxylic acids is 1. The number of rotatable bonds is 9. The van der Waals surface area contributed by atoms with E-state index in [0.717, 1.165) is 33.0 Å². The first-order chi connectivity index (χ1) is 19.0. The molecule has 0 aliphatic carbocycles. The van der Waals surface area contributed by atoms with Crippen LogP contribution in [0.15, 0.2) is 115 Å². The van der Waals surface area contributed by atoms with Gasteiger partial charge in [0.05, 0.1) is 5.56 Å². The van der Waals surface area contributed by atoms with Crippen molar-refractivity contribution in [2.24, 2.45) is 0 Å². The summed E-state index contributed by atoms with van der Waals surface area (Å²) in [4.78, 5) is 25.4. The van der Waals surface area contributed by atoms with Crippen molar-refractivity contribution in [1.29, 1.82) is 0 Å². The number of amides is 1. The van der Waals surface area contributed by atoms with E-state index < -0.39 is 17.9 Å². The molecular formula is C33H27ClN2O3. The molecule has 0 saturated heterocycles. The Hall–Kier alpha value is -4.61. The Balaban J connectivity index is 1.31. The maximum Gasteiger partial charge on any atom is 0.326 e. The van der Waals surface area contributed by atoms with Gasteiger partial charge in [0.2, 0.25) is 0 Å². The molecule has 0 fully saturated rings. The molecule has 5 aromatic rings. The van der Waals surface area contributed by atoms with Crippen LogP contribution in [0.1, 0.15) is 21.5 Å². The Labute approximate surface area is 232 Å². The smallest absolute Gasteiger partial charge is 0.326 e. The van der Waals surface area contributed by atoms with Gasteiger partial charge in [-0.05, 0) is 51.2 Å². The summed E-state index contributed by atoms with van der Waals surface area (Å²) < 4.78 is 0. The highest BCUT2D eigenvalue weighted by Gasteiger charge is 2.23. The van der Waals surface area contributed by atoms with E-state index >= 15 is 0 Å². The average molecular weight is 535 g/mol. The van der Waals surface area contributed by atoms with E-state index in [0.29, 0.717) is 17.3 Å². The zero-order valence-electron chi connectivity index (χ0n) is 21.1. The highest BCUT2D eigenvalue weighted by atomic mass is 35.5. The molecule has 0 unspecified atom stereocenters. The van der Waals surface area contributed by atoms with Crippen LogP contribution in [-0.2, 0) is 17.8 Å². The fraction of sp³-hybridized carbons (Fsp3) is 0.0909. The topological polar surface area (TPSA) is 78.4 Å². The number of fused-ring (bicyclic) bond motifs is 1. The first kappa shape index (κ1) is 26.0. The summed E-state index contributed by atoms with van der Waals surface area (Å²) in [7, 11) is 0. The lowest BCUT2D eigenvalue weighted by molar-refractivity contribution is -0.139. The van der Waals surface area contributed by atoms with Crippen molar-refractivity contribution in [2.45, 2.75) is 19.0 Å². The van der Waals surface area contributed by atoms with Crippen molar-refractivity contribution in [3.05, 3.63) is 137 Å². The second-order valence-corrected chi connectivity index (χ2v) is 9.75. The first-order valence-electron chi connectivity index (χ1n) is 12.7. The van der Waals surface area contributed by atoms with Crippen molar-refractivity contribution >= 4 is 39.9 Å². The molecule has 0 spiro atoms. The van der Waals surface area contributed by atoms with E-state index in [2.05, 4.69) is 28.8 Å². The van der Waals surface area contributed by atoms with Gasteiger partial charge in [-0.1, -0.05) is 109 Å². The predicted octanol–water partition coefficient (Wildman–Crippen LogP) is 7.20. The third-order valence-electron chi connectivity index (χ3n) is 6.68. The quantitative estimate of drug-likeness (QED) is 0.187. The molecule has 194 valence electrons. The maximum absolute atomic E-state index is 13.3. The van der Waals surface area contributed by atoms with Crippen LogP contribution in [0.3, 0.4) is 0 Å². The normalized spacial score (nSPS) is 11.6. The monoisotopic (exact) mass is 534 g/mol. The van der Waals surface area contributed by atoms with Crippen molar-refractivity contribution in [3.8, 4) is 11.1 Å². The predicted molar refractivity (Wildman–Crippen MR) is 157 cm³/mol. The van der Waals surface area contributed by atoms with Crippen molar-refractivity contribution in [2.75, 3.05) is 5.32 Å². The Morgan fingerprint density at radius 3 is 2.23 bits per heavy atom. The summed E-state index contributed by atoms with van der Waals surface area (Å²) >= 11 is 6.23. The fourth-order valence-electron chi connectivity index (χ4n) is 4.63. The first-order valence-corrected chi connectivity index (χ1v) is 13.0. The lowest BCUT2D eigenvalue weighted by Crippen LogP contribution is -2.42. The molecule has 0 bridgehead atoms. The van der Waals surface area contributed by atoms with Crippen molar-refractivity contribution in [1.82, 2.24) is 5.32 Å². The number of carbonyl (C=O) groups is 2. The molecule has 0 radical (unpaired) electrons. The molecule has 0 aromatic heterocycles. The Morgan fingerprint density at radius 1 is 0.769 bits per heavy atom. The molecule has 0 aliphatic heterocycles. The van der Waals surface area contributed by atoms with Crippen LogP contribution in [0.5, 0.6) is 0 Å². The van der Waals surface area contributed by atoms with Crippen LogP contribution in [0, 0.1) is 0 Å². The molecule has 5 nitrogen and oxygen atoms in total. The molecule has 39 heavy (non-hydrogen) atoms. The Bertz CT molecular complexity index is 1610. The van der Waals surface area contributed by atoms with Crippen LogP contribution < -0.4 is 10.6 Å². The number of aliphatic carboxylic acids is 1. The van der Waals surface area contributed by atoms with E-state index in [-0.39, 0.29) is 12.0 Å². The minimum absolute atomic E-state index is 0.148. The number of carboxylic acid groups (broad SMARTS) is 1. The van der Waals surface area contributed by atoms with Gasteiger partial charge in [0, 0.05) is 23.7 Å². The Kier molecular flexibility index (Phi) is 7.90. The van der Waals surface area contributed by atoms with Crippen LogP contribution in [0.25, 0.3) is 21.9 Å². The summed E-state index contributed by atoms with van der Waals surface area (Å²) in [6, 6.07) is 35.7. The molecule has 6 heteroatoms. The van der Waals surface area contributed by atoms with Crippen LogP contribution in [0.2, 0.25) is 5.02 Å². The molecule has 0 aliphatic rings. The molecule has 3 N–H and O–H groups in total. The molecule has 5 rings (SSSR count). The van der Waals surface area contributed by atoms with E-state index in [1.165, 1.54) is 0 Å². The van der Waals surface area contributed by atoms with E-state index in [4.69, 9.17) is 11.6 Å². The van der Waals surface area contributed by atoms with E-state index in [1.54, 1.807) is 18.2 Å². The van der Waals surface area contributed by atoms with Gasteiger partial charge in [-0.2, -0.15) is 0 Å². The average Bonchev–Trinajstić information content (AvgIpc) is 2.97. The summed E-state index contributed by atoms with van der Waals surface area (Å²) in [5.74, 6) is -1.62. The number of benzene rings is 5. The number of hydrogen-bond acceptors (Lipinski definition) is 3. The molecule has 0 heterocycles. The van der Waals surface area contributed by atoms with E-state index in [9.17, 15) is 14.7 Å². The van der Waals surface area contributed by atoms with Gasteiger partial charge >= 0.3 is 5.97 Å². The van der Waals surface area contributed by atoms with Gasteiger partial charge < -0.3 is 15.7 Å². The zero-order chi connectivity index (χ0) is 27.2. The third-order valence-corrected chi connectivity index (χ3v) is 6.91. The lowest BCUT2D eigenvalue weighted by Gasteiger charge is -2.18. The van der Waals surface area contributed by atoms with Gasteiger partial charge in [-0.15, -0.1) is 0 Å². The minimum Gasteiger partial charge on any atom is -0.480 e. The number of hydrogen-bond donors (Lipinski definition) is 3. The molecule has 5 aromatic carbocycles. The van der Waals surface area contributed by atoms with Crippen molar-refractivity contribution < 1.29 is 14.7 Å². The van der Waals surface area contributed by atoms with E-state index in [1.807, 2.05) is 78.9 Å². The maximum atomic E-state index is 13.3. The van der Waals surface area contributed by atoms with Crippen LogP contribution >= 0.6 is 11.6 Å². The van der Waals surface area contributed by atoms with Gasteiger partial charge in [0.15, 0.2) is 0 Å². The summed E-state index contributed by atoms with van der Waals surface area (Å²) in [5, 5.41) is 18.5. The SMILES string of the molecule is O=C(N[C@@H](Cc1ccc(-c2ccccc2)cc1)C(=O)O)c1cc(Cl)ccc1NCc1cccc2ccccc12. The molecule has 1 amide bonds. The molecule has 0 saturated carbocycles. The molecule has 1 atom stereocenters. The van der Waals surface area contributed by atoms with Gasteiger partial charge in [0.25, 0.3) is 5.91 Å². The van der Waals surface area contributed by atoms with Crippen LogP contribution in [0.4, 0.5) is 5.69 Å². The number of anilines is 1. The lowest BCUT2D eigenvalue weighted by atomic mass is 10.0. The Morgan fingerprint density at radius 2 is 1.46 bits per heavy atom. The fourth-order valence-corrected chi connectivity index (χ4v) is 4.80. The summed E-state index contributed by atoms with van der Waals surface area (Å²) in [5.41, 5.74) is 4.86. The largest absolute Gasteiger partial charge is 0.480 e. The third kappa shape index (κ3) is 6.28. The van der Waals surface area contributed by atoms with Crippen LogP contribution in [-0.4, -0.2) is 23.0 Å². The standard InChI is InChI=1S/C33H27ClN2O3/c34-27-17-18-30(35-21-26-11-6-10-25-9-4-5-12-28(25)26)29(20-27)32(37)36-31(33(38)39)19-22-13-15-24(16-14-22)23-7-2-1-3-8-23/h1-18,20,31,35H,19,21H2,(H,36,37)(H,38,39)/t31-/m0/s1. The number of carboxylic acids is 1. The van der Waals surface area contributed by atoms with Crippen molar-refractivity contribution in [3.63, 3.8) is 0 Å². The second-order valence-electron chi connectivity index (χ2n) is 9.31. The molecular weight excluding hydrogens is 508 g/mol. The second kappa shape index (κ2) is 11.8. The summed E-state index contributed by atoms with van der Waals surface area (Å²) in [6.07, 6.45) is 0.148. The van der Waals surface area contributed by atoms with Gasteiger partial charge in [0.1, 0.15) is 6.04 Å². The number of nitrogens with one attached hydrogen (secondary N) is 2. The van der Waals surface area contributed by atoms with Gasteiger partial charge in [-0.3, -0.25) is 4.79 Å². The minimum atomic E-state index is -1.11. The highest BCUT2D eigenvalue weighted by Crippen LogP contribution is 2.25.